The van der Waals surface area contributed by atoms with Gasteiger partial charge in [-0.2, -0.15) is 0 Å². The van der Waals surface area contributed by atoms with Gasteiger partial charge in [0.1, 0.15) is 22.8 Å². The van der Waals surface area contributed by atoms with Crippen molar-refractivity contribution in [2.45, 2.75) is 6.04 Å². The summed E-state index contributed by atoms with van der Waals surface area (Å²) >= 11 is 1.60. The summed E-state index contributed by atoms with van der Waals surface area (Å²) in [6.07, 6.45) is 1.57. The molecule has 0 aliphatic heterocycles. The van der Waals surface area contributed by atoms with Gasteiger partial charge in [-0.05, 0) is 43.2 Å². The van der Waals surface area contributed by atoms with Gasteiger partial charge in [-0.25, -0.2) is 14.4 Å². The lowest BCUT2D eigenvalue weighted by atomic mass is 10.1. The minimum Gasteiger partial charge on any atom is -0.368 e. The summed E-state index contributed by atoms with van der Waals surface area (Å²) in [7, 11) is 4.02. The van der Waals surface area contributed by atoms with Crippen LogP contribution in [0.3, 0.4) is 0 Å². The molecule has 0 saturated carbocycles. The second-order valence-electron chi connectivity index (χ2n) is 5.27. The van der Waals surface area contributed by atoms with Gasteiger partial charge in [0.05, 0.1) is 11.4 Å². The number of hydrogen-bond donors (Lipinski definition) is 1. The van der Waals surface area contributed by atoms with E-state index in [1.165, 1.54) is 12.1 Å². The molecule has 1 unspecified atom stereocenters. The normalized spacial score (nSPS) is 12.7. The van der Waals surface area contributed by atoms with Crippen LogP contribution in [-0.4, -0.2) is 35.5 Å². The minimum atomic E-state index is -0.218. The topological polar surface area (TPSA) is 41.0 Å². The molecule has 1 atom stereocenters. The molecule has 1 N–H and O–H groups in total. The van der Waals surface area contributed by atoms with E-state index in [-0.39, 0.29) is 11.9 Å². The molecule has 4 nitrogen and oxygen atoms in total. The smallest absolute Gasteiger partial charge is 0.138 e. The van der Waals surface area contributed by atoms with Gasteiger partial charge in [0.2, 0.25) is 0 Å². The molecule has 3 rings (SSSR count). The van der Waals surface area contributed by atoms with E-state index in [1.54, 1.807) is 17.7 Å². The lowest BCUT2D eigenvalue weighted by Crippen LogP contribution is -2.27. The van der Waals surface area contributed by atoms with Gasteiger partial charge in [-0.3, -0.25) is 0 Å². The van der Waals surface area contributed by atoms with E-state index in [1.807, 2.05) is 37.7 Å². The minimum absolute atomic E-state index is 0.129. The standard InChI is InChI=1S/C16H17FN4S/c1-21(2)14(11-3-5-12(17)6-4-11)9-18-15-13-7-8-22-16(13)20-10-19-15/h3-8,10,14H,9H2,1-2H3,(H,18,19,20). The Labute approximate surface area is 132 Å². The Morgan fingerprint density at radius 1 is 1.18 bits per heavy atom. The Kier molecular flexibility index (Phi) is 4.31. The fourth-order valence-corrected chi connectivity index (χ4v) is 3.14. The fourth-order valence-electron chi connectivity index (χ4n) is 2.41. The van der Waals surface area contributed by atoms with E-state index in [2.05, 4.69) is 20.2 Å². The molecule has 2 aromatic heterocycles. The van der Waals surface area contributed by atoms with Gasteiger partial charge in [-0.15, -0.1) is 11.3 Å². The monoisotopic (exact) mass is 316 g/mol. The van der Waals surface area contributed by atoms with Crippen molar-refractivity contribution in [2.24, 2.45) is 0 Å². The third kappa shape index (κ3) is 3.08. The first-order valence-electron chi connectivity index (χ1n) is 6.99. The van der Waals surface area contributed by atoms with Gasteiger partial charge in [-0.1, -0.05) is 12.1 Å². The second kappa shape index (κ2) is 6.37. The number of thiophene rings is 1. The Morgan fingerprint density at radius 2 is 1.95 bits per heavy atom. The average Bonchev–Trinajstić information content (AvgIpc) is 2.98. The highest BCUT2D eigenvalue weighted by Gasteiger charge is 2.15. The largest absolute Gasteiger partial charge is 0.368 e. The molecule has 0 amide bonds. The lowest BCUT2D eigenvalue weighted by Gasteiger charge is -2.25. The van der Waals surface area contributed by atoms with Crippen LogP contribution in [0.4, 0.5) is 10.2 Å². The molecule has 0 radical (unpaired) electrons. The highest BCUT2D eigenvalue weighted by atomic mass is 32.1. The number of aromatic nitrogens is 2. The fraction of sp³-hybridized carbons (Fsp3) is 0.250. The summed E-state index contributed by atoms with van der Waals surface area (Å²) < 4.78 is 13.1. The quantitative estimate of drug-likeness (QED) is 0.781. The number of nitrogens with zero attached hydrogens (tertiary/aromatic N) is 3. The van der Waals surface area contributed by atoms with Crippen LogP contribution in [0.15, 0.2) is 42.0 Å². The van der Waals surface area contributed by atoms with E-state index < -0.39 is 0 Å². The Morgan fingerprint density at radius 3 is 2.68 bits per heavy atom. The summed E-state index contributed by atoms with van der Waals surface area (Å²) in [4.78, 5) is 11.6. The number of fused-ring (bicyclic) bond motifs is 1. The van der Waals surface area contributed by atoms with Crippen molar-refractivity contribution in [3.63, 3.8) is 0 Å². The summed E-state index contributed by atoms with van der Waals surface area (Å²) in [6, 6.07) is 8.78. The molecule has 114 valence electrons. The van der Waals surface area contributed by atoms with Crippen LogP contribution < -0.4 is 5.32 Å². The molecular formula is C16H17FN4S. The van der Waals surface area contributed by atoms with Crippen LogP contribution >= 0.6 is 11.3 Å². The first-order chi connectivity index (χ1) is 10.6. The Hall–Kier alpha value is -2.05. The van der Waals surface area contributed by atoms with Crippen LogP contribution in [0, 0.1) is 5.82 Å². The zero-order valence-electron chi connectivity index (χ0n) is 12.5. The number of hydrogen-bond acceptors (Lipinski definition) is 5. The van der Waals surface area contributed by atoms with E-state index in [9.17, 15) is 4.39 Å². The van der Waals surface area contributed by atoms with Gasteiger partial charge in [0, 0.05) is 6.54 Å². The molecule has 1 aromatic carbocycles. The second-order valence-corrected chi connectivity index (χ2v) is 6.17. The average molecular weight is 316 g/mol. The zero-order valence-corrected chi connectivity index (χ0v) is 13.3. The van der Waals surface area contributed by atoms with Crippen LogP contribution in [0.1, 0.15) is 11.6 Å². The maximum absolute atomic E-state index is 13.1. The molecule has 2 heterocycles. The lowest BCUT2D eigenvalue weighted by molar-refractivity contribution is 0.311. The molecular weight excluding hydrogens is 299 g/mol. The third-order valence-electron chi connectivity index (χ3n) is 3.60. The summed E-state index contributed by atoms with van der Waals surface area (Å²) in [6.45, 7) is 0.681. The van der Waals surface area contributed by atoms with Crippen molar-refractivity contribution in [1.29, 1.82) is 0 Å². The van der Waals surface area contributed by atoms with E-state index in [0.29, 0.717) is 6.54 Å². The van der Waals surface area contributed by atoms with Gasteiger partial charge >= 0.3 is 0 Å². The molecule has 0 bridgehead atoms. The number of likely N-dealkylation sites (N-methyl/N-ethyl adjacent to an activating group) is 1. The predicted molar refractivity (Wildman–Crippen MR) is 88.7 cm³/mol. The maximum atomic E-state index is 13.1. The number of halogens is 1. The Balaban J connectivity index is 1.80. The molecule has 0 spiro atoms. The number of anilines is 1. The highest BCUT2D eigenvalue weighted by Crippen LogP contribution is 2.25. The third-order valence-corrected chi connectivity index (χ3v) is 4.42. The maximum Gasteiger partial charge on any atom is 0.138 e. The predicted octanol–water partition coefficient (Wildman–Crippen LogP) is 3.55. The molecule has 3 aromatic rings. The van der Waals surface area contributed by atoms with Gasteiger partial charge in [0.25, 0.3) is 0 Å². The van der Waals surface area contributed by atoms with Crippen molar-refractivity contribution in [1.82, 2.24) is 14.9 Å². The van der Waals surface area contributed by atoms with Crippen LogP contribution in [0.25, 0.3) is 10.2 Å². The summed E-state index contributed by atoms with van der Waals surface area (Å²) in [5.41, 5.74) is 1.06. The molecule has 0 aliphatic carbocycles. The van der Waals surface area contributed by atoms with Crippen molar-refractivity contribution in [3.8, 4) is 0 Å². The van der Waals surface area contributed by atoms with Crippen LogP contribution in [0.5, 0.6) is 0 Å². The highest BCUT2D eigenvalue weighted by molar-refractivity contribution is 7.16. The zero-order chi connectivity index (χ0) is 15.5. The molecule has 0 saturated heterocycles. The van der Waals surface area contributed by atoms with E-state index >= 15 is 0 Å². The first kappa shape index (κ1) is 14.9. The number of benzene rings is 1. The van der Waals surface area contributed by atoms with Gasteiger partial charge in [0.15, 0.2) is 0 Å². The van der Waals surface area contributed by atoms with E-state index in [4.69, 9.17) is 0 Å². The van der Waals surface area contributed by atoms with Crippen molar-refractivity contribution in [3.05, 3.63) is 53.4 Å². The van der Waals surface area contributed by atoms with Crippen molar-refractivity contribution >= 4 is 27.4 Å². The van der Waals surface area contributed by atoms with E-state index in [0.717, 1.165) is 21.6 Å². The molecule has 0 fully saturated rings. The number of rotatable bonds is 5. The van der Waals surface area contributed by atoms with Crippen molar-refractivity contribution in [2.75, 3.05) is 26.0 Å². The number of nitrogens with one attached hydrogen (secondary N) is 1. The molecule has 22 heavy (non-hydrogen) atoms. The van der Waals surface area contributed by atoms with Crippen LogP contribution in [-0.2, 0) is 0 Å². The SMILES string of the molecule is CN(C)C(CNc1ncnc2sccc12)c1ccc(F)cc1. The summed E-state index contributed by atoms with van der Waals surface area (Å²) in [5.74, 6) is 0.616. The molecule has 0 aliphatic rings. The van der Waals surface area contributed by atoms with Gasteiger partial charge < -0.3 is 10.2 Å². The summed E-state index contributed by atoms with van der Waals surface area (Å²) in [5, 5.41) is 6.43. The van der Waals surface area contributed by atoms with Crippen LogP contribution in [0.2, 0.25) is 0 Å². The van der Waals surface area contributed by atoms with Crippen molar-refractivity contribution < 1.29 is 4.39 Å². The first-order valence-corrected chi connectivity index (χ1v) is 7.87. The molecule has 6 heteroatoms. The Bertz CT molecular complexity index is 754.